The summed E-state index contributed by atoms with van der Waals surface area (Å²) < 4.78 is 0. The molecule has 5 heteroatoms. The highest BCUT2D eigenvalue weighted by Crippen LogP contribution is 2.29. The number of hydrogen-bond acceptors (Lipinski definition) is 3. The number of thiophene rings is 1. The molecule has 0 atom stereocenters. The standard InChI is InChI=1S/C14H22N2OS2/c1-4-14(5-2,12(15)18)13(17)16(3)9-8-11-7-6-10-19-11/h6-7,10H,4-5,8-9H2,1-3H3,(H2,15,18). The zero-order chi connectivity index (χ0) is 14.5. The molecule has 0 saturated heterocycles. The predicted molar refractivity (Wildman–Crippen MR) is 85.5 cm³/mol. The van der Waals surface area contributed by atoms with Crippen LogP contribution in [0.1, 0.15) is 31.6 Å². The largest absolute Gasteiger partial charge is 0.392 e. The Kier molecular flexibility index (Phi) is 5.94. The molecule has 0 aromatic carbocycles. The van der Waals surface area contributed by atoms with Crippen LogP contribution in [-0.4, -0.2) is 29.4 Å². The van der Waals surface area contributed by atoms with Crippen LogP contribution < -0.4 is 5.73 Å². The molecule has 2 N–H and O–H groups in total. The van der Waals surface area contributed by atoms with Gasteiger partial charge in [-0.1, -0.05) is 32.1 Å². The van der Waals surface area contributed by atoms with Crippen molar-refractivity contribution >= 4 is 34.5 Å². The summed E-state index contributed by atoms with van der Waals surface area (Å²) in [6, 6.07) is 4.11. The van der Waals surface area contributed by atoms with E-state index in [-0.39, 0.29) is 5.91 Å². The van der Waals surface area contributed by atoms with Gasteiger partial charge in [0.05, 0.1) is 10.4 Å². The third-order valence-electron chi connectivity index (χ3n) is 3.71. The summed E-state index contributed by atoms with van der Waals surface area (Å²) in [5, 5.41) is 2.05. The summed E-state index contributed by atoms with van der Waals surface area (Å²) in [6.45, 7) is 4.63. The molecule has 1 aromatic rings. The minimum atomic E-state index is -0.681. The van der Waals surface area contributed by atoms with E-state index in [0.717, 1.165) is 6.42 Å². The van der Waals surface area contributed by atoms with Gasteiger partial charge in [0.2, 0.25) is 5.91 Å². The first-order valence-corrected chi connectivity index (χ1v) is 7.84. The fourth-order valence-corrected chi connectivity index (χ4v) is 3.28. The van der Waals surface area contributed by atoms with Crippen molar-refractivity contribution in [2.45, 2.75) is 33.1 Å². The fourth-order valence-electron chi connectivity index (χ4n) is 2.21. The zero-order valence-corrected chi connectivity index (χ0v) is 13.4. The number of likely N-dealkylation sites (N-methyl/N-ethyl adjacent to an activating group) is 1. The van der Waals surface area contributed by atoms with E-state index >= 15 is 0 Å². The van der Waals surface area contributed by atoms with Crippen molar-refractivity contribution in [3.8, 4) is 0 Å². The lowest BCUT2D eigenvalue weighted by Crippen LogP contribution is -2.49. The molecule has 0 saturated carbocycles. The van der Waals surface area contributed by atoms with Crippen LogP contribution in [0, 0.1) is 5.41 Å². The van der Waals surface area contributed by atoms with Crippen LogP contribution in [0.3, 0.4) is 0 Å². The van der Waals surface area contributed by atoms with Gasteiger partial charge >= 0.3 is 0 Å². The van der Waals surface area contributed by atoms with Gasteiger partial charge in [0, 0.05) is 18.5 Å². The van der Waals surface area contributed by atoms with E-state index in [1.807, 2.05) is 27.0 Å². The van der Waals surface area contributed by atoms with Gasteiger partial charge in [-0.3, -0.25) is 4.79 Å². The van der Waals surface area contributed by atoms with Crippen LogP contribution in [0.25, 0.3) is 0 Å². The van der Waals surface area contributed by atoms with Gasteiger partial charge in [-0.05, 0) is 30.7 Å². The minimum Gasteiger partial charge on any atom is -0.392 e. The number of hydrogen-bond donors (Lipinski definition) is 1. The first-order chi connectivity index (χ1) is 8.97. The van der Waals surface area contributed by atoms with Crippen molar-refractivity contribution < 1.29 is 4.79 Å². The Balaban J connectivity index is 2.71. The molecule has 1 aromatic heterocycles. The topological polar surface area (TPSA) is 46.3 Å². The Bertz CT molecular complexity index is 425. The molecule has 1 amide bonds. The van der Waals surface area contributed by atoms with E-state index in [0.29, 0.717) is 24.4 Å². The minimum absolute atomic E-state index is 0.0431. The number of rotatable bonds is 7. The Morgan fingerprint density at radius 3 is 2.53 bits per heavy atom. The van der Waals surface area contributed by atoms with Crippen LogP contribution in [0.2, 0.25) is 0 Å². The second-order valence-corrected chi connectivity index (χ2v) is 6.18. The van der Waals surface area contributed by atoms with Crippen molar-refractivity contribution in [1.82, 2.24) is 4.90 Å². The summed E-state index contributed by atoms with van der Waals surface area (Å²) >= 11 is 6.83. The van der Waals surface area contributed by atoms with Crippen molar-refractivity contribution in [2.24, 2.45) is 11.1 Å². The molecule has 0 radical (unpaired) electrons. The fraction of sp³-hybridized carbons (Fsp3) is 0.571. The molecule has 0 aliphatic rings. The van der Waals surface area contributed by atoms with Crippen molar-refractivity contribution in [3.05, 3.63) is 22.4 Å². The van der Waals surface area contributed by atoms with E-state index in [4.69, 9.17) is 18.0 Å². The molecular formula is C14H22N2OS2. The third-order valence-corrected chi connectivity index (χ3v) is 5.04. The van der Waals surface area contributed by atoms with Crippen molar-refractivity contribution in [1.29, 1.82) is 0 Å². The molecule has 0 unspecified atom stereocenters. The summed E-state index contributed by atoms with van der Waals surface area (Å²) in [5.74, 6) is 0.0431. The Labute approximate surface area is 124 Å². The lowest BCUT2D eigenvalue weighted by atomic mass is 9.81. The molecule has 0 aliphatic heterocycles. The molecule has 1 heterocycles. The summed E-state index contributed by atoms with van der Waals surface area (Å²) in [4.78, 5) is 15.9. The molecule has 1 rings (SSSR count). The Hall–Kier alpha value is -0.940. The first kappa shape index (κ1) is 16.1. The second-order valence-electron chi connectivity index (χ2n) is 4.71. The first-order valence-electron chi connectivity index (χ1n) is 6.55. The summed E-state index contributed by atoms with van der Waals surface area (Å²) in [7, 11) is 1.83. The summed E-state index contributed by atoms with van der Waals surface area (Å²) in [6.07, 6.45) is 2.18. The molecular weight excluding hydrogens is 276 g/mol. The number of amides is 1. The molecule has 106 valence electrons. The SMILES string of the molecule is CCC(CC)(C(=O)N(C)CCc1cccs1)C(N)=S. The average molecular weight is 298 g/mol. The second kappa shape index (κ2) is 7.01. The third kappa shape index (κ3) is 3.54. The van der Waals surface area contributed by atoms with Gasteiger partial charge < -0.3 is 10.6 Å². The smallest absolute Gasteiger partial charge is 0.235 e. The van der Waals surface area contributed by atoms with Crippen molar-refractivity contribution in [2.75, 3.05) is 13.6 Å². The van der Waals surface area contributed by atoms with Crippen LogP contribution >= 0.6 is 23.6 Å². The van der Waals surface area contributed by atoms with Crippen LogP contribution in [-0.2, 0) is 11.2 Å². The number of carbonyl (C=O) groups excluding carboxylic acids is 1. The van der Waals surface area contributed by atoms with Gasteiger partial charge in [0.25, 0.3) is 0 Å². The van der Waals surface area contributed by atoms with Crippen LogP contribution in [0.4, 0.5) is 0 Å². The van der Waals surface area contributed by atoms with Gasteiger partial charge in [0.1, 0.15) is 0 Å². The van der Waals surface area contributed by atoms with E-state index in [2.05, 4.69) is 11.4 Å². The van der Waals surface area contributed by atoms with Gasteiger partial charge in [0.15, 0.2) is 0 Å². The highest BCUT2D eigenvalue weighted by Gasteiger charge is 2.39. The summed E-state index contributed by atoms with van der Waals surface area (Å²) in [5.41, 5.74) is 5.13. The Morgan fingerprint density at radius 2 is 2.11 bits per heavy atom. The van der Waals surface area contributed by atoms with Gasteiger partial charge in [-0.15, -0.1) is 11.3 Å². The maximum atomic E-state index is 12.6. The van der Waals surface area contributed by atoms with Gasteiger partial charge in [-0.25, -0.2) is 0 Å². The lowest BCUT2D eigenvalue weighted by Gasteiger charge is -2.33. The number of carbonyl (C=O) groups is 1. The highest BCUT2D eigenvalue weighted by molar-refractivity contribution is 7.80. The van der Waals surface area contributed by atoms with Crippen LogP contribution in [0.5, 0.6) is 0 Å². The molecule has 0 spiro atoms. The number of thiocarbonyl (C=S) groups is 1. The maximum absolute atomic E-state index is 12.6. The molecule has 19 heavy (non-hydrogen) atoms. The monoisotopic (exact) mass is 298 g/mol. The number of nitrogens with zero attached hydrogens (tertiary/aromatic N) is 1. The van der Waals surface area contributed by atoms with E-state index in [1.165, 1.54) is 4.88 Å². The molecule has 0 fully saturated rings. The average Bonchev–Trinajstić information content (AvgIpc) is 2.90. The van der Waals surface area contributed by atoms with Crippen molar-refractivity contribution in [3.63, 3.8) is 0 Å². The molecule has 3 nitrogen and oxygen atoms in total. The maximum Gasteiger partial charge on any atom is 0.235 e. The van der Waals surface area contributed by atoms with Gasteiger partial charge in [-0.2, -0.15) is 0 Å². The normalized spacial score (nSPS) is 11.3. The van der Waals surface area contributed by atoms with E-state index < -0.39 is 5.41 Å². The molecule has 0 aliphatic carbocycles. The van der Waals surface area contributed by atoms with E-state index in [9.17, 15) is 4.79 Å². The van der Waals surface area contributed by atoms with E-state index in [1.54, 1.807) is 16.2 Å². The Morgan fingerprint density at radius 1 is 1.47 bits per heavy atom. The van der Waals surface area contributed by atoms with Crippen LogP contribution in [0.15, 0.2) is 17.5 Å². The lowest BCUT2D eigenvalue weighted by molar-refractivity contribution is -0.137. The predicted octanol–water partition coefficient (Wildman–Crippen LogP) is 2.84. The highest BCUT2D eigenvalue weighted by atomic mass is 32.1. The zero-order valence-electron chi connectivity index (χ0n) is 11.8. The molecule has 0 bridgehead atoms. The quantitative estimate of drug-likeness (QED) is 0.787. The number of nitrogens with two attached hydrogens (primary N) is 1.